The van der Waals surface area contributed by atoms with E-state index in [4.69, 9.17) is 15.3 Å². The van der Waals surface area contributed by atoms with Gasteiger partial charge in [-0.1, -0.05) is 0 Å². The summed E-state index contributed by atoms with van der Waals surface area (Å²) >= 11 is 0. The lowest BCUT2D eigenvalue weighted by Crippen LogP contribution is -2.46. The molecule has 0 aromatic carbocycles. The second kappa shape index (κ2) is 5.32. The molecule has 1 aliphatic rings. The topological polar surface area (TPSA) is 98.4 Å². The second-order valence-corrected chi connectivity index (χ2v) is 4.25. The van der Waals surface area contributed by atoms with E-state index < -0.39 is 0 Å². The van der Waals surface area contributed by atoms with Gasteiger partial charge in [-0.05, 0) is 13.8 Å². The first-order chi connectivity index (χ1) is 8.62. The van der Waals surface area contributed by atoms with E-state index in [0.717, 1.165) is 13.1 Å². The van der Waals surface area contributed by atoms with Crippen LogP contribution < -0.4 is 20.9 Å². The predicted octanol–water partition coefficient (Wildman–Crippen LogP) is -0.221. The fourth-order valence-corrected chi connectivity index (χ4v) is 1.98. The molecule has 1 aromatic heterocycles. The van der Waals surface area contributed by atoms with Gasteiger partial charge in [0.05, 0.1) is 19.3 Å². The minimum absolute atomic E-state index is 0.130. The number of nitrogen functional groups attached to an aromatic ring is 1. The highest BCUT2D eigenvalue weighted by atomic mass is 16.5. The first-order valence-corrected chi connectivity index (χ1v) is 5.79. The molecular formula is C10H18N6O2. The Morgan fingerprint density at radius 3 is 2.50 bits per heavy atom. The van der Waals surface area contributed by atoms with E-state index in [1.807, 2.05) is 18.7 Å². The molecule has 0 amide bonds. The average Bonchev–Trinajstić information content (AvgIpc) is 2.37. The van der Waals surface area contributed by atoms with Gasteiger partial charge in [-0.3, -0.25) is 5.43 Å². The second-order valence-electron chi connectivity index (χ2n) is 4.25. The van der Waals surface area contributed by atoms with Gasteiger partial charge in [-0.2, -0.15) is 15.0 Å². The van der Waals surface area contributed by atoms with E-state index in [-0.39, 0.29) is 24.2 Å². The molecule has 1 aromatic rings. The first kappa shape index (κ1) is 12.8. The first-order valence-electron chi connectivity index (χ1n) is 5.79. The van der Waals surface area contributed by atoms with Gasteiger partial charge in [-0.25, -0.2) is 5.84 Å². The molecule has 0 saturated carbocycles. The number of hydrogen-bond acceptors (Lipinski definition) is 8. The number of hydrogen-bond donors (Lipinski definition) is 2. The SMILES string of the molecule is COc1nc(NN)nc(N2CC(C)OC(C)C2)n1. The van der Waals surface area contributed by atoms with Crippen molar-refractivity contribution in [3.05, 3.63) is 0 Å². The summed E-state index contributed by atoms with van der Waals surface area (Å²) in [5.41, 5.74) is 2.40. The van der Waals surface area contributed by atoms with Crippen LogP contribution in [0.1, 0.15) is 13.8 Å². The van der Waals surface area contributed by atoms with Gasteiger partial charge < -0.3 is 14.4 Å². The number of nitrogens with one attached hydrogen (secondary N) is 1. The minimum atomic E-state index is 0.130. The normalized spacial score (nSPS) is 23.9. The maximum absolute atomic E-state index is 5.67. The van der Waals surface area contributed by atoms with Gasteiger partial charge in [-0.15, -0.1) is 0 Å². The molecular weight excluding hydrogens is 236 g/mol. The van der Waals surface area contributed by atoms with Crippen LogP contribution >= 0.6 is 0 Å². The molecule has 8 nitrogen and oxygen atoms in total. The van der Waals surface area contributed by atoms with Crippen molar-refractivity contribution in [3.8, 4) is 6.01 Å². The number of methoxy groups -OCH3 is 1. The predicted molar refractivity (Wildman–Crippen MR) is 66.4 cm³/mol. The van der Waals surface area contributed by atoms with Crippen molar-refractivity contribution >= 4 is 11.9 Å². The number of morpholine rings is 1. The van der Waals surface area contributed by atoms with E-state index in [0.29, 0.717) is 5.95 Å². The third-order valence-electron chi connectivity index (χ3n) is 2.62. The summed E-state index contributed by atoms with van der Waals surface area (Å²) < 4.78 is 10.7. The van der Waals surface area contributed by atoms with Gasteiger partial charge in [0.15, 0.2) is 0 Å². The molecule has 3 N–H and O–H groups in total. The smallest absolute Gasteiger partial charge is 0.322 e. The third kappa shape index (κ3) is 2.77. The summed E-state index contributed by atoms with van der Waals surface area (Å²) in [6, 6.07) is 0.236. The molecule has 2 heterocycles. The Hall–Kier alpha value is -1.67. The fourth-order valence-electron chi connectivity index (χ4n) is 1.98. The van der Waals surface area contributed by atoms with E-state index >= 15 is 0 Å². The fraction of sp³-hybridized carbons (Fsp3) is 0.700. The molecule has 0 spiro atoms. The summed E-state index contributed by atoms with van der Waals surface area (Å²) in [6.07, 6.45) is 0.261. The Labute approximate surface area is 105 Å². The molecule has 2 unspecified atom stereocenters. The molecule has 100 valence electrons. The molecule has 0 aliphatic carbocycles. The molecule has 0 bridgehead atoms. The van der Waals surface area contributed by atoms with E-state index in [2.05, 4.69) is 20.4 Å². The van der Waals surface area contributed by atoms with Crippen LogP contribution in [0.15, 0.2) is 0 Å². The minimum Gasteiger partial charge on any atom is -0.467 e. The summed E-state index contributed by atoms with van der Waals surface area (Å²) in [6.45, 7) is 5.48. The molecule has 0 radical (unpaired) electrons. The van der Waals surface area contributed by atoms with Crippen molar-refractivity contribution in [2.24, 2.45) is 5.84 Å². The van der Waals surface area contributed by atoms with Crippen LogP contribution in [-0.2, 0) is 4.74 Å². The van der Waals surface area contributed by atoms with Crippen LogP contribution in [0.25, 0.3) is 0 Å². The molecule has 1 saturated heterocycles. The van der Waals surface area contributed by atoms with E-state index in [1.165, 1.54) is 7.11 Å². The summed E-state index contributed by atoms with van der Waals surface area (Å²) in [5.74, 6) is 6.14. The number of rotatable bonds is 3. The van der Waals surface area contributed by atoms with Gasteiger partial charge in [0.1, 0.15) is 0 Å². The zero-order valence-corrected chi connectivity index (χ0v) is 10.8. The van der Waals surface area contributed by atoms with Crippen LogP contribution in [0.5, 0.6) is 6.01 Å². The maximum atomic E-state index is 5.67. The number of hydrazine groups is 1. The van der Waals surface area contributed by atoms with Crippen LogP contribution in [0, 0.1) is 0 Å². The number of ether oxygens (including phenoxy) is 2. The van der Waals surface area contributed by atoms with E-state index in [9.17, 15) is 0 Å². The van der Waals surface area contributed by atoms with Crippen molar-refractivity contribution in [2.75, 3.05) is 30.5 Å². The third-order valence-corrected chi connectivity index (χ3v) is 2.62. The molecule has 8 heteroatoms. The van der Waals surface area contributed by atoms with Crippen molar-refractivity contribution in [1.29, 1.82) is 0 Å². The Balaban J connectivity index is 2.25. The molecule has 1 fully saturated rings. The Kier molecular flexibility index (Phi) is 3.78. The van der Waals surface area contributed by atoms with Crippen molar-refractivity contribution in [1.82, 2.24) is 15.0 Å². The molecule has 1 aliphatic heterocycles. The zero-order chi connectivity index (χ0) is 13.1. The largest absolute Gasteiger partial charge is 0.467 e. The van der Waals surface area contributed by atoms with Gasteiger partial charge in [0.2, 0.25) is 11.9 Å². The average molecular weight is 254 g/mol. The zero-order valence-electron chi connectivity index (χ0n) is 10.8. The maximum Gasteiger partial charge on any atom is 0.322 e. The summed E-state index contributed by atoms with van der Waals surface area (Å²) in [4.78, 5) is 14.4. The standard InChI is InChI=1S/C10H18N6O2/c1-6-4-16(5-7(2)18-6)9-12-8(15-11)13-10(14-9)17-3/h6-7H,4-5,11H2,1-3H3,(H,12,13,14,15). The Bertz CT molecular complexity index is 383. The van der Waals surface area contributed by atoms with Gasteiger partial charge >= 0.3 is 6.01 Å². The van der Waals surface area contributed by atoms with Crippen LogP contribution in [0.4, 0.5) is 11.9 Å². The monoisotopic (exact) mass is 254 g/mol. The summed E-state index contributed by atoms with van der Waals surface area (Å²) in [5, 5.41) is 0. The summed E-state index contributed by atoms with van der Waals surface area (Å²) in [7, 11) is 1.50. The van der Waals surface area contributed by atoms with Crippen molar-refractivity contribution in [3.63, 3.8) is 0 Å². The highest BCUT2D eigenvalue weighted by Crippen LogP contribution is 2.19. The molecule has 2 atom stereocenters. The highest BCUT2D eigenvalue weighted by Gasteiger charge is 2.25. The van der Waals surface area contributed by atoms with Crippen LogP contribution in [0.3, 0.4) is 0 Å². The highest BCUT2D eigenvalue weighted by molar-refractivity contribution is 5.38. The number of anilines is 2. The van der Waals surface area contributed by atoms with E-state index in [1.54, 1.807) is 0 Å². The van der Waals surface area contributed by atoms with Crippen molar-refractivity contribution in [2.45, 2.75) is 26.1 Å². The Morgan fingerprint density at radius 2 is 1.94 bits per heavy atom. The van der Waals surface area contributed by atoms with Gasteiger partial charge in [0, 0.05) is 13.1 Å². The lowest BCUT2D eigenvalue weighted by atomic mass is 10.2. The molecule has 2 rings (SSSR count). The quantitative estimate of drug-likeness (QED) is 0.564. The number of nitrogens with two attached hydrogens (primary N) is 1. The van der Waals surface area contributed by atoms with Gasteiger partial charge in [0.25, 0.3) is 0 Å². The van der Waals surface area contributed by atoms with Crippen LogP contribution in [0.2, 0.25) is 0 Å². The molecule has 18 heavy (non-hydrogen) atoms. The number of nitrogens with zero attached hydrogens (tertiary/aromatic N) is 4. The lowest BCUT2D eigenvalue weighted by Gasteiger charge is -2.35. The number of aromatic nitrogens is 3. The Morgan fingerprint density at radius 1 is 1.28 bits per heavy atom. The van der Waals surface area contributed by atoms with Crippen molar-refractivity contribution < 1.29 is 9.47 Å². The van der Waals surface area contributed by atoms with Crippen LogP contribution in [-0.4, -0.2) is 47.4 Å². The lowest BCUT2D eigenvalue weighted by molar-refractivity contribution is -0.00576.